The van der Waals surface area contributed by atoms with Gasteiger partial charge in [0, 0.05) is 30.1 Å². The molecule has 0 saturated carbocycles. The SMILES string of the molecule is C[C@H](Sc1ccc([N+](=O)[O-])cc1)C(=O)N1CCNC(=O)C1. The first-order chi connectivity index (χ1) is 9.97. The molecule has 7 nitrogen and oxygen atoms in total. The van der Waals surface area contributed by atoms with Crippen molar-refractivity contribution in [2.45, 2.75) is 17.1 Å². The lowest BCUT2D eigenvalue weighted by atomic mass is 10.3. The first-order valence-electron chi connectivity index (χ1n) is 6.44. The summed E-state index contributed by atoms with van der Waals surface area (Å²) in [5, 5.41) is 12.9. The molecule has 112 valence electrons. The zero-order valence-corrected chi connectivity index (χ0v) is 12.3. The van der Waals surface area contributed by atoms with Gasteiger partial charge in [0.05, 0.1) is 16.7 Å². The summed E-state index contributed by atoms with van der Waals surface area (Å²) in [6.07, 6.45) is 0. The third-order valence-electron chi connectivity index (χ3n) is 3.06. The summed E-state index contributed by atoms with van der Waals surface area (Å²) in [4.78, 5) is 36.0. The van der Waals surface area contributed by atoms with E-state index in [4.69, 9.17) is 0 Å². The Morgan fingerprint density at radius 2 is 2.10 bits per heavy atom. The summed E-state index contributed by atoms with van der Waals surface area (Å²) in [6, 6.07) is 6.06. The lowest BCUT2D eigenvalue weighted by Crippen LogP contribution is -2.51. The molecule has 0 bridgehead atoms. The molecule has 1 fully saturated rings. The van der Waals surface area contributed by atoms with Crippen LogP contribution in [0.25, 0.3) is 0 Å². The molecule has 21 heavy (non-hydrogen) atoms. The van der Waals surface area contributed by atoms with Gasteiger partial charge in [-0.05, 0) is 19.1 Å². The number of amides is 2. The van der Waals surface area contributed by atoms with Crippen molar-refractivity contribution >= 4 is 29.3 Å². The molecule has 1 atom stereocenters. The number of rotatable bonds is 4. The summed E-state index contributed by atoms with van der Waals surface area (Å²) in [5.41, 5.74) is 0.0195. The fourth-order valence-corrected chi connectivity index (χ4v) is 2.94. The number of carbonyl (C=O) groups is 2. The maximum atomic E-state index is 12.2. The van der Waals surface area contributed by atoms with E-state index in [2.05, 4.69) is 5.32 Å². The minimum Gasteiger partial charge on any atom is -0.353 e. The van der Waals surface area contributed by atoms with E-state index in [-0.39, 0.29) is 29.3 Å². The first-order valence-corrected chi connectivity index (χ1v) is 7.32. The monoisotopic (exact) mass is 309 g/mol. The predicted molar refractivity (Wildman–Crippen MR) is 78.0 cm³/mol. The van der Waals surface area contributed by atoms with E-state index in [0.717, 1.165) is 4.90 Å². The number of benzene rings is 1. The first kappa shape index (κ1) is 15.3. The molecule has 0 aromatic heterocycles. The normalized spacial score (nSPS) is 16.2. The van der Waals surface area contributed by atoms with Crippen LogP contribution < -0.4 is 5.32 Å². The van der Waals surface area contributed by atoms with E-state index in [1.165, 1.54) is 28.8 Å². The maximum absolute atomic E-state index is 12.2. The Bertz CT molecular complexity index is 561. The molecule has 2 rings (SSSR count). The van der Waals surface area contributed by atoms with Crippen molar-refractivity contribution in [1.82, 2.24) is 10.2 Å². The number of nitro benzene ring substituents is 1. The molecule has 1 heterocycles. The van der Waals surface area contributed by atoms with Crippen molar-refractivity contribution < 1.29 is 14.5 Å². The molecule has 0 radical (unpaired) electrons. The van der Waals surface area contributed by atoms with Gasteiger partial charge in [0.1, 0.15) is 0 Å². The fourth-order valence-electron chi connectivity index (χ4n) is 1.98. The predicted octanol–water partition coefficient (Wildman–Crippen LogP) is 1.03. The molecular weight excluding hydrogens is 294 g/mol. The Labute approximate surface area is 125 Å². The molecule has 1 aromatic carbocycles. The van der Waals surface area contributed by atoms with E-state index in [0.29, 0.717) is 13.1 Å². The van der Waals surface area contributed by atoms with Crippen LogP contribution in [0.5, 0.6) is 0 Å². The summed E-state index contributed by atoms with van der Waals surface area (Å²) in [6.45, 7) is 2.83. The van der Waals surface area contributed by atoms with E-state index in [1.807, 2.05) is 0 Å². The number of nitro groups is 1. The minimum absolute atomic E-state index is 0.0195. The van der Waals surface area contributed by atoms with Gasteiger partial charge in [0.15, 0.2) is 0 Å². The van der Waals surface area contributed by atoms with Crippen molar-refractivity contribution in [3.05, 3.63) is 34.4 Å². The highest BCUT2D eigenvalue weighted by Crippen LogP contribution is 2.26. The van der Waals surface area contributed by atoms with E-state index >= 15 is 0 Å². The zero-order chi connectivity index (χ0) is 15.4. The van der Waals surface area contributed by atoms with Crippen LogP contribution in [0.3, 0.4) is 0 Å². The Kier molecular flexibility index (Phi) is 4.79. The Morgan fingerprint density at radius 3 is 2.67 bits per heavy atom. The molecule has 1 aliphatic rings. The van der Waals surface area contributed by atoms with Gasteiger partial charge >= 0.3 is 0 Å². The van der Waals surface area contributed by atoms with Gasteiger partial charge < -0.3 is 10.2 Å². The number of hydrogen-bond donors (Lipinski definition) is 1. The summed E-state index contributed by atoms with van der Waals surface area (Å²) in [5.74, 6) is -0.254. The summed E-state index contributed by atoms with van der Waals surface area (Å²) in [7, 11) is 0. The van der Waals surface area contributed by atoms with Gasteiger partial charge in [-0.1, -0.05) is 0 Å². The lowest BCUT2D eigenvalue weighted by molar-refractivity contribution is -0.384. The van der Waals surface area contributed by atoms with Gasteiger partial charge in [-0.2, -0.15) is 0 Å². The molecule has 1 saturated heterocycles. The molecule has 0 spiro atoms. The minimum atomic E-state index is -0.463. The third kappa shape index (κ3) is 3.94. The van der Waals surface area contributed by atoms with Gasteiger partial charge in [0.25, 0.3) is 5.69 Å². The molecule has 1 N–H and O–H groups in total. The average molecular weight is 309 g/mol. The van der Waals surface area contributed by atoms with E-state index in [1.54, 1.807) is 19.1 Å². The highest BCUT2D eigenvalue weighted by Gasteiger charge is 2.25. The van der Waals surface area contributed by atoms with Crippen LogP contribution >= 0.6 is 11.8 Å². The maximum Gasteiger partial charge on any atom is 0.269 e. The second-order valence-corrected chi connectivity index (χ2v) is 6.04. The second-order valence-electron chi connectivity index (χ2n) is 4.62. The number of hydrogen-bond acceptors (Lipinski definition) is 5. The number of carbonyl (C=O) groups excluding carboxylic acids is 2. The van der Waals surface area contributed by atoms with Crippen molar-refractivity contribution in [3.8, 4) is 0 Å². The van der Waals surface area contributed by atoms with Crippen LogP contribution in [0.1, 0.15) is 6.92 Å². The molecule has 0 unspecified atom stereocenters. The van der Waals surface area contributed by atoms with Crippen LogP contribution in [-0.4, -0.2) is 46.5 Å². The van der Waals surface area contributed by atoms with E-state index in [9.17, 15) is 19.7 Å². The van der Waals surface area contributed by atoms with Gasteiger partial charge in [-0.3, -0.25) is 19.7 Å². The fraction of sp³-hybridized carbons (Fsp3) is 0.385. The quantitative estimate of drug-likeness (QED) is 0.509. The van der Waals surface area contributed by atoms with Crippen LogP contribution in [-0.2, 0) is 9.59 Å². The number of nitrogens with zero attached hydrogens (tertiary/aromatic N) is 2. The molecular formula is C13H15N3O4S. The summed E-state index contributed by atoms with van der Waals surface area (Å²) >= 11 is 1.32. The lowest BCUT2D eigenvalue weighted by Gasteiger charge is -2.28. The van der Waals surface area contributed by atoms with Gasteiger partial charge in [0.2, 0.25) is 11.8 Å². The Hall–Kier alpha value is -2.09. The highest BCUT2D eigenvalue weighted by atomic mass is 32.2. The smallest absolute Gasteiger partial charge is 0.269 e. The zero-order valence-electron chi connectivity index (χ0n) is 11.4. The highest BCUT2D eigenvalue weighted by molar-refractivity contribution is 8.00. The second kappa shape index (κ2) is 6.57. The third-order valence-corrected chi connectivity index (χ3v) is 4.16. The van der Waals surface area contributed by atoms with Crippen LogP contribution in [0.15, 0.2) is 29.2 Å². The van der Waals surface area contributed by atoms with Gasteiger partial charge in [-0.25, -0.2) is 0 Å². The largest absolute Gasteiger partial charge is 0.353 e. The number of nitrogens with one attached hydrogen (secondary N) is 1. The number of non-ortho nitro benzene ring substituents is 1. The average Bonchev–Trinajstić information content (AvgIpc) is 2.47. The van der Waals surface area contributed by atoms with Crippen LogP contribution in [0.2, 0.25) is 0 Å². The standard InChI is InChI=1S/C13H15N3O4S/c1-9(13(18)15-7-6-14-12(17)8-15)21-11-4-2-10(3-5-11)16(19)20/h2-5,9H,6-8H2,1H3,(H,14,17)/t9-/m0/s1. The topological polar surface area (TPSA) is 92.6 Å². The van der Waals surface area contributed by atoms with Crippen molar-refractivity contribution in [2.24, 2.45) is 0 Å². The number of thioether (sulfide) groups is 1. The molecule has 1 aromatic rings. The Balaban J connectivity index is 1.96. The van der Waals surface area contributed by atoms with Crippen molar-refractivity contribution in [3.63, 3.8) is 0 Å². The Morgan fingerprint density at radius 1 is 1.43 bits per heavy atom. The summed E-state index contributed by atoms with van der Waals surface area (Å²) < 4.78 is 0. The molecule has 2 amide bonds. The van der Waals surface area contributed by atoms with Crippen LogP contribution in [0, 0.1) is 10.1 Å². The molecule has 0 aliphatic carbocycles. The number of piperazine rings is 1. The van der Waals surface area contributed by atoms with Crippen molar-refractivity contribution in [2.75, 3.05) is 19.6 Å². The van der Waals surface area contributed by atoms with Gasteiger partial charge in [-0.15, -0.1) is 11.8 Å². The van der Waals surface area contributed by atoms with Crippen LogP contribution in [0.4, 0.5) is 5.69 Å². The van der Waals surface area contributed by atoms with E-state index < -0.39 is 4.92 Å². The molecule has 1 aliphatic heterocycles. The van der Waals surface area contributed by atoms with Crippen molar-refractivity contribution in [1.29, 1.82) is 0 Å². The molecule has 8 heteroatoms.